The SMILES string of the molecule is C[C@@H](Br)C(=O)c1ccc(F)cc1F. The molecule has 0 amide bonds. The van der Waals surface area contributed by atoms with Crippen LogP contribution >= 0.6 is 15.9 Å². The van der Waals surface area contributed by atoms with E-state index in [0.29, 0.717) is 6.07 Å². The van der Waals surface area contributed by atoms with Crippen molar-refractivity contribution in [1.82, 2.24) is 0 Å². The predicted molar refractivity (Wildman–Crippen MR) is 49.1 cm³/mol. The van der Waals surface area contributed by atoms with Gasteiger partial charge in [0.1, 0.15) is 11.6 Å². The third-order valence-electron chi connectivity index (χ3n) is 1.56. The lowest BCUT2D eigenvalue weighted by Crippen LogP contribution is -2.12. The third kappa shape index (κ3) is 2.34. The Morgan fingerprint density at radius 2 is 2.08 bits per heavy atom. The first-order valence-electron chi connectivity index (χ1n) is 3.65. The third-order valence-corrected chi connectivity index (χ3v) is 1.97. The molecule has 0 aliphatic rings. The van der Waals surface area contributed by atoms with E-state index in [-0.39, 0.29) is 5.56 Å². The standard InChI is InChI=1S/C9H7BrF2O/c1-5(10)9(13)7-3-2-6(11)4-8(7)12/h2-5H,1H3/t5-/m1/s1. The molecule has 1 nitrogen and oxygen atoms in total. The van der Waals surface area contributed by atoms with Crippen molar-refractivity contribution < 1.29 is 13.6 Å². The van der Waals surface area contributed by atoms with E-state index in [9.17, 15) is 13.6 Å². The number of Topliss-reactive ketones (excluding diaryl/α,β-unsaturated/α-hetero) is 1. The summed E-state index contributed by atoms with van der Waals surface area (Å²) in [5, 5.41) is 0. The van der Waals surface area contributed by atoms with Crippen LogP contribution in [0.3, 0.4) is 0 Å². The Labute approximate surface area is 82.9 Å². The van der Waals surface area contributed by atoms with Gasteiger partial charge in [-0.3, -0.25) is 4.79 Å². The Morgan fingerprint density at radius 3 is 2.54 bits per heavy atom. The van der Waals surface area contributed by atoms with Crippen molar-refractivity contribution in [2.45, 2.75) is 11.8 Å². The summed E-state index contributed by atoms with van der Waals surface area (Å²) in [6.45, 7) is 1.59. The van der Waals surface area contributed by atoms with Crippen LogP contribution in [0.25, 0.3) is 0 Å². The Morgan fingerprint density at radius 1 is 1.46 bits per heavy atom. The highest BCUT2D eigenvalue weighted by Crippen LogP contribution is 2.14. The minimum Gasteiger partial charge on any atom is -0.293 e. The lowest BCUT2D eigenvalue weighted by atomic mass is 10.1. The number of carbonyl (C=O) groups is 1. The quantitative estimate of drug-likeness (QED) is 0.581. The fraction of sp³-hybridized carbons (Fsp3) is 0.222. The molecule has 0 aliphatic carbocycles. The Balaban J connectivity index is 3.09. The molecule has 1 rings (SSSR count). The molecule has 0 spiro atoms. The van der Waals surface area contributed by atoms with E-state index < -0.39 is 22.2 Å². The molecule has 0 aromatic heterocycles. The first-order valence-corrected chi connectivity index (χ1v) is 4.57. The van der Waals surface area contributed by atoms with E-state index in [0.717, 1.165) is 12.1 Å². The normalized spacial score (nSPS) is 12.6. The average molecular weight is 249 g/mol. The maximum Gasteiger partial charge on any atom is 0.179 e. The zero-order valence-electron chi connectivity index (χ0n) is 6.85. The van der Waals surface area contributed by atoms with Crippen molar-refractivity contribution in [1.29, 1.82) is 0 Å². The second kappa shape index (κ2) is 3.96. The highest BCUT2D eigenvalue weighted by molar-refractivity contribution is 9.10. The number of halogens is 3. The van der Waals surface area contributed by atoms with Gasteiger partial charge in [-0.15, -0.1) is 0 Å². The number of ketones is 1. The molecule has 0 unspecified atom stereocenters. The van der Waals surface area contributed by atoms with Gasteiger partial charge in [0.15, 0.2) is 5.78 Å². The number of hydrogen-bond acceptors (Lipinski definition) is 1. The zero-order valence-corrected chi connectivity index (χ0v) is 8.44. The van der Waals surface area contributed by atoms with Crippen molar-refractivity contribution in [3.63, 3.8) is 0 Å². The van der Waals surface area contributed by atoms with Gasteiger partial charge in [-0.05, 0) is 19.1 Å². The molecule has 0 fully saturated rings. The second-order valence-corrected chi connectivity index (χ2v) is 3.98. The molecule has 0 saturated heterocycles. The van der Waals surface area contributed by atoms with E-state index in [1.807, 2.05) is 0 Å². The molecule has 1 aromatic rings. The van der Waals surface area contributed by atoms with Crippen molar-refractivity contribution in [2.24, 2.45) is 0 Å². The van der Waals surface area contributed by atoms with Gasteiger partial charge >= 0.3 is 0 Å². The molecule has 0 N–H and O–H groups in total. The summed E-state index contributed by atoms with van der Waals surface area (Å²) in [5.74, 6) is -1.90. The first-order chi connectivity index (χ1) is 6.02. The van der Waals surface area contributed by atoms with Gasteiger partial charge < -0.3 is 0 Å². The van der Waals surface area contributed by atoms with Crippen LogP contribution < -0.4 is 0 Å². The molecule has 0 heterocycles. The van der Waals surface area contributed by atoms with Crippen LogP contribution in [0, 0.1) is 11.6 Å². The van der Waals surface area contributed by atoms with Crippen molar-refractivity contribution >= 4 is 21.7 Å². The summed E-state index contributed by atoms with van der Waals surface area (Å²) in [4.78, 5) is 10.8. The van der Waals surface area contributed by atoms with Crippen molar-refractivity contribution in [2.75, 3.05) is 0 Å². The molecule has 70 valence electrons. The average Bonchev–Trinajstić information content (AvgIpc) is 2.03. The Bertz CT molecular complexity index is 336. The van der Waals surface area contributed by atoms with Gasteiger partial charge in [0.05, 0.1) is 10.4 Å². The highest BCUT2D eigenvalue weighted by atomic mass is 79.9. The van der Waals surface area contributed by atoms with Crippen LogP contribution in [0.5, 0.6) is 0 Å². The molecule has 0 aliphatic heterocycles. The number of benzene rings is 1. The van der Waals surface area contributed by atoms with Gasteiger partial charge in [0.25, 0.3) is 0 Å². The van der Waals surface area contributed by atoms with E-state index >= 15 is 0 Å². The molecule has 1 atom stereocenters. The van der Waals surface area contributed by atoms with Crippen LogP contribution in [0.4, 0.5) is 8.78 Å². The molecular formula is C9H7BrF2O. The van der Waals surface area contributed by atoms with Crippen molar-refractivity contribution in [3.05, 3.63) is 35.4 Å². The topological polar surface area (TPSA) is 17.1 Å². The maximum absolute atomic E-state index is 13.0. The minimum atomic E-state index is -0.823. The molecular weight excluding hydrogens is 242 g/mol. The van der Waals surface area contributed by atoms with Gasteiger partial charge in [-0.25, -0.2) is 8.78 Å². The fourth-order valence-electron chi connectivity index (χ4n) is 0.904. The van der Waals surface area contributed by atoms with Gasteiger partial charge in [-0.1, -0.05) is 15.9 Å². The predicted octanol–water partition coefficient (Wildman–Crippen LogP) is 2.93. The van der Waals surface area contributed by atoms with Gasteiger partial charge in [0, 0.05) is 6.07 Å². The Hall–Kier alpha value is -0.770. The highest BCUT2D eigenvalue weighted by Gasteiger charge is 2.16. The maximum atomic E-state index is 13.0. The summed E-state index contributed by atoms with van der Waals surface area (Å²) in [7, 11) is 0. The van der Waals surface area contributed by atoms with E-state index in [2.05, 4.69) is 15.9 Å². The zero-order chi connectivity index (χ0) is 10.0. The summed E-state index contributed by atoms with van der Waals surface area (Å²) >= 11 is 3.02. The van der Waals surface area contributed by atoms with Gasteiger partial charge in [0.2, 0.25) is 0 Å². The van der Waals surface area contributed by atoms with E-state index in [1.165, 1.54) is 0 Å². The smallest absolute Gasteiger partial charge is 0.179 e. The monoisotopic (exact) mass is 248 g/mol. The minimum absolute atomic E-state index is 0.0919. The molecule has 13 heavy (non-hydrogen) atoms. The van der Waals surface area contributed by atoms with Gasteiger partial charge in [-0.2, -0.15) is 0 Å². The van der Waals surface area contributed by atoms with Crippen molar-refractivity contribution in [3.8, 4) is 0 Å². The largest absolute Gasteiger partial charge is 0.293 e. The lowest BCUT2D eigenvalue weighted by molar-refractivity contribution is 0.0992. The molecule has 4 heteroatoms. The van der Waals surface area contributed by atoms with Crippen LogP contribution in [0.2, 0.25) is 0 Å². The summed E-state index contributed by atoms with van der Waals surface area (Å²) in [6.07, 6.45) is 0. The summed E-state index contributed by atoms with van der Waals surface area (Å²) in [5.41, 5.74) is -0.0919. The molecule has 1 aromatic carbocycles. The number of carbonyl (C=O) groups excluding carboxylic acids is 1. The lowest BCUT2D eigenvalue weighted by Gasteiger charge is -2.03. The number of rotatable bonds is 2. The molecule has 0 saturated carbocycles. The summed E-state index contributed by atoms with van der Waals surface area (Å²) < 4.78 is 25.4. The Kier molecular flexibility index (Phi) is 3.14. The van der Waals surface area contributed by atoms with Crippen LogP contribution in [-0.4, -0.2) is 10.6 Å². The summed E-state index contributed by atoms with van der Waals surface area (Å²) in [6, 6.07) is 2.90. The van der Waals surface area contributed by atoms with E-state index in [1.54, 1.807) is 6.92 Å². The number of hydrogen-bond donors (Lipinski definition) is 0. The fourth-order valence-corrected chi connectivity index (χ4v) is 1.15. The van der Waals surface area contributed by atoms with E-state index in [4.69, 9.17) is 0 Å². The molecule has 0 radical (unpaired) electrons. The first kappa shape index (κ1) is 10.3. The van der Waals surface area contributed by atoms with Crippen LogP contribution in [0.1, 0.15) is 17.3 Å². The van der Waals surface area contributed by atoms with Crippen LogP contribution in [0.15, 0.2) is 18.2 Å². The molecule has 0 bridgehead atoms. The van der Waals surface area contributed by atoms with Crippen LogP contribution in [-0.2, 0) is 0 Å². The number of alkyl halides is 1. The second-order valence-electron chi connectivity index (χ2n) is 2.60.